The highest BCUT2D eigenvalue weighted by Gasteiger charge is 2.18. The van der Waals surface area contributed by atoms with Crippen molar-refractivity contribution in [3.05, 3.63) is 95.6 Å². The Morgan fingerprint density at radius 1 is 0.826 bits per heavy atom. The molecule has 0 amide bonds. The van der Waals surface area contributed by atoms with Crippen LogP contribution in [0.5, 0.6) is 0 Å². The third-order valence-electron chi connectivity index (χ3n) is 3.76. The molecule has 0 aliphatic heterocycles. The zero-order valence-electron chi connectivity index (χ0n) is 12.8. The SMILES string of the molecule is Cc1ccc(S(=O)c2ccccc2[C@H](O)c2ccccc2)cc1. The summed E-state index contributed by atoms with van der Waals surface area (Å²) >= 11 is 0. The molecule has 3 rings (SSSR count). The van der Waals surface area contributed by atoms with Crippen molar-refractivity contribution in [2.75, 3.05) is 0 Å². The van der Waals surface area contributed by atoms with Gasteiger partial charge in [0.1, 0.15) is 6.10 Å². The van der Waals surface area contributed by atoms with Crippen LogP contribution in [0.1, 0.15) is 22.8 Å². The van der Waals surface area contributed by atoms with Crippen LogP contribution >= 0.6 is 0 Å². The van der Waals surface area contributed by atoms with E-state index in [9.17, 15) is 9.32 Å². The van der Waals surface area contributed by atoms with E-state index in [2.05, 4.69) is 0 Å². The van der Waals surface area contributed by atoms with Gasteiger partial charge in [-0.05, 0) is 30.7 Å². The van der Waals surface area contributed by atoms with E-state index in [1.807, 2.05) is 85.8 Å². The summed E-state index contributed by atoms with van der Waals surface area (Å²) in [6, 6.07) is 24.4. The first-order chi connectivity index (χ1) is 11.2. The molecule has 0 aliphatic rings. The highest BCUT2D eigenvalue weighted by Crippen LogP contribution is 2.29. The average Bonchev–Trinajstić information content (AvgIpc) is 2.62. The Labute approximate surface area is 138 Å². The van der Waals surface area contributed by atoms with Crippen molar-refractivity contribution < 1.29 is 9.32 Å². The Bertz CT molecular complexity index is 811. The van der Waals surface area contributed by atoms with Crippen LogP contribution in [0.2, 0.25) is 0 Å². The summed E-state index contributed by atoms with van der Waals surface area (Å²) in [4.78, 5) is 1.39. The number of benzene rings is 3. The van der Waals surface area contributed by atoms with Crippen molar-refractivity contribution >= 4 is 10.8 Å². The van der Waals surface area contributed by atoms with E-state index in [0.717, 1.165) is 16.0 Å². The first-order valence-electron chi connectivity index (χ1n) is 7.47. The van der Waals surface area contributed by atoms with Crippen molar-refractivity contribution in [1.82, 2.24) is 0 Å². The third-order valence-corrected chi connectivity index (χ3v) is 5.24. The molecule has 0 radical (unpaired) electrons. The van der Waals surface area contributed by atoms with Gasteiger partial charge in [-0.2, -0.15) is 0 Å². The van der Waals surface area contributed by atoms with Gasteiger partial charge >= 0.3 is 0 Å². The van der Waals surface area contributed by atoms with Gasteiger partial charge in [-0.25, -0.2) is 4.21 Å². The largest absolute Gasteiger partial charge is 0.384 e. The number of hydrogen-bond acceptors (Lipinski definition) is 2. The van der Waals surface area contributed by atoms with Gasteiger partial charge in [0.15, 0.2) is 0 Å². The maximum atomic E-state index is 12.9. The number of aliphatic hydroxyl groups is 1. The van der Waals surface area contributed by atoms with Crippen LogP contribution in [0.3, 0.4) is 0 Å². The minimum Gasteiger partial charge on any atom is -0.384 e. The Kier molecular flexibility index (Phi) is 4.70. The normalized spacial score (nSPS) is 13.5. The zero-order valence-corrected chi connectivity index (χ0v) is 13.7. The first-order valence-corrected chi connectivity index (χ1v) is 8.62. The van der Waals surface area contributed by atoms with Crippen molar-refractivity contribution in [3.8, 4) is 0 Å². The lowest BCUT2D eigenvalue weighted by molar-refractivity contribution is 0.217. The quantitative estimate of drug-likeness (QED) is 0.780. The molecule has 0 saturated carbocycles. The number of aryl methyl sites for hydroxylation is 1. The fourth-order valence-corrected chi connectivity index (χ4v) is 3.71. The molecule has 3 aromatic carbocycles. The van der Waals surface area contributed by atoms with Crippen LogP contribution in [-0.2, 0) is 10.8 Å². The van der Waals surface area contributed by atoms with Crippen LogP contribution in [0.4, 0.5) is 0 Å². The van der Waals surface area contributed by atoms with Crippen molar-refractivity contribution in [3.63, 3.8) is 0 Å². The van der Waals surface area contributed by atoms with Gasteiger partial charge in [-0.1, -0.05) is 66.2 Å². The van der Waals surface area contributed by atoms with Crippen molar-refractivity contribution in [2.24, 2.45) is 0 Å². The monoisotopic (exact) mass is 322 g/mol. The Morgan fingerprint density at radius 2 is 1.43 bits per heavy atom. The molecular weight excluding hydrogens is 304 g/mol. The molecular formula is C20H18O2S. The highest BCUT2D eigenvalue weighted by atomic mass is 32.2. The van der Waals surface area contributed by atoms with E-state index >= 15 is 0 Å². The number of hydrogen-bond donors (Lipinski definition) is 1. The molecule has 1 unspecified atom stereocenters. The molecule has 23 heavy (non-hydrogen) atoms. The molecule has 0 spiro atoms. The van der Waals surface area contributed by atoms with Crippen LogP contribution < -0.4 is 0 Å². The zero-order chi connectivity index (χ0) is 16.2. The second kappa shape index (κ2) is 6.90. The van der Waals surface area contributed by atoms with E-state index in [1.165, 1.54) is 0 Å². The molecule has 0 aliphatic carbocycles. The van der Waals surface area contributed by atoms with Crippen LogP contribution in [0.25, 0.3) is 0 Å². The maximum Gasteiger partial charge on any atom is 0.105 e. The maximum absolute atomic E-state index is 12.9. The van der Waals surface area contributed by atoms with Gasteiger partial charge in [0, 0.05) is 15.4 Å². The second-order valence-electron chi connectivity index (χ2n) is 5.43. The summed E-state index contributed by atoms with van der Waals surface area (Å²) in [5.74, 6) is 0. The Hall–Kier alpha value is -2.23. The molecule has 0 saturated heterocycles. The van der Waals surface area contributed by atoms with E-state index in [0.29, 0.717) is 10.5 Å². The number of rotatable bonds is 4. The lowest BCUT2D eigenvalue weighted by Crippen LogP contribution is -2.05. The summed E-state index contributed by atoms with van der Waals surface area (Å²) in [7, 11) is -1.32. The topological polar surface area (TPSA) is 37.3 Å². The summed E-state index contributed by atoms with van der Waals surface area (Å²) in [5, 5.41) is 10.7. The predicted molar refractivity (Wildman–Crippen MR) is 92.8 cm³/mol. The Morgan fingerprint density at radius 3 is 2.13 bits per heavy atom. The highest BCUT2D eigenvalue weighted by molar-refractivity contribution is 7.85. The first kappa shape index (κ1) is 15.7. The van der Waals surface area contributed by atoms with Crippen LogP contribution in [-0.4, -0.2) is 9.32 Å². The molecule has 116 valence electrons. The predicted octanol–water partition coefficient (Wildman–Crippen LogP) is 4.24. The molecule has 2 atom stereocenters. The molecule has 0 aromatic heterocycles. The summed E-state index contributed by atoms with van der Waals surface area (Å²) < 4.78 is 12.9. The summed E-state index contributed by atoms with van der Waals surface area (Å²) in [5.41, 5.74) is 2.60. The van der Waals surface area contributed by atoms with Gasteiger partial charge < -0.3 is 5.11 Å². The molecule has 3 heteroatoms. The minimum absolute atomic E-state index is 0.646. The fourth-order valence-electron chi connectivity index (χ4n) is 2.48. The summed E-state index contributed by atoms with van der Waals surface area (Å²) in [6.45, 7) is 2.00. The van der Waals surface area contributed by atoms with Crippen molar-refractivity contribution in [1.29, 1.82) is 0 Å². The summed E-state index contributed by atoms with van der Waals surface area (Å²) in [6.07, 6.45) is -0.790. The van der Waals surface area contributed by atoms with Crippen molar-refractivity contribution in [2.45, 2.75) is 22.8 Å². The van der Waals surface area contributed by atoms with Gasteiger partial charge in [-0.15, -0.1) is 0 Å². The second-order valence-corrected chi connectivity index (χ2v) is 6.88. The van der Waals surface area contributed by atoms with E-state index in [-0.39, 0.29) is 0 Å². The minimum atomic E-state index is -1.32. The van der Waals surface area contributed by atoms with E-state index in [1.54, 1.807) is 0 Å². The Balaban J connectivity index is 2.01. The molecule has 0 heterocycles. The molecule has 1 N–H and O–H groups in total. The lowest BCUT2D eigenvalue weighted by Gasteiger charge is -2.15. The van der Waals surface area contributed by atoms with Gasteiger partial charge in [-0.3, -0.25) is 0 Å². The standard InChI is InChI=1S/C20H18O2S/c1-15-11-13-17(14-12-15)23(22)19-10-6-5-9-18(19)20(21)16-7-3-2-4-8-16/h2-14,20-21H,1H3/t20-,23?/m1/s1. The van der Waals surface area contributed by atoms with Gasteiger partial charge in [0.25, 0.3) is 0 Å². The molecule has 0 fully saturated rings. The van der Waals surface area contributed by atoms with Crippen LogP contribution in [0, 0.1) is 6.92 Å². The van der Waals surface area contributed by atoms with E-state index in [4.69, 9.17) is 0 Å². The fraction of sp³-hybridized carbons (Fsp3) is 0.100. The molecule has 3 aromatic rings. The smallest absolute Gasteiger partial charge is 0.105 e. The third kappa shape index (κ3) is 3.41. The van der Waals surface area contributed by atoms with Crippen LogP contribution in [0.15, 0.2) is 88.7 Å². The van der Waals surface area contributed by atoms with E-state index < -0.39 is 16.9 Å². The lowest BCUT2D eigenvalue weighted by atomic mass is 10.0. The molecule has 0 bridgehead atoms. The van der Waals surface area contributed by atoms with Gasteiger partial charge in [0.05, 0.1) is 10.8 Å². The van der Waals surface area contributed by atoms with Gasteiger partial charge in [0.2, 0.25) is 0 Å². The number of aliphatic hydroxyl groups excluding tert-OH is 1. The molecule has 2 nitrogen and oxygen atoms in total. The average molecular weight is 322 g/mol.